The highest BCUT2D eigenvalue weighted by Gasteiger charge is 2.28. The molecule has 0 amide bonds. The fourth-order valence-electron chi connectivity index (χ4n) is 4.13. The van der Waals surface area contributed by atoms with Crippen molar-refractivity contribution in [2.45, 2.75) is 24.4 Å². The van der Waals surface area contributed by atoms with Gasteiger partial charge in [0.25, 0.3) is 0 Å². The second kappa shape index (κ2) is 9.02. The van der Waals surface area contributed by atoms with Gasteiger partial charge in [-0.05, 0) is 58.7 Å². The third-order valence-electron chi connectivity index (χ3n) is 5.59. The third-order valence-corrected chi connectivity index (χ3v) is 6.35. The predicted octanol–water partition coefficient (Wildman–Crippen LogP) is 5.56. The molecule has 0 atom stereocenters. The Balaban J connectivity index is 1.81. The number of carbonyl (C=O) groups excluding carboxylic acids is 1. The van der Waals surface area contributed by atoms with Crippen LogP contribution in [0.5, 0.6) is 0 Å². The van der Waals surface area contributed by atoms with Gasteiger partial charge in [-0.2, -0.15) is 0 Å². The molecule has 0 radical (unpaired) electrons. The number of halogens is 1. The molecule has 3 aromatic rings. The molecule has 0 unspecified atom stereocenters. The van der Waals surface area contributed by atoms with Gasteiger partial charge in [0, 0.05) is 24.5 Å². The maximum Gasteiger partial charge on any atom is 0.339 e. The van der Waals surface area contributed by atoms with Gasteiger partial charge in [-0.3, -0.25) is 4.90 Å². The minimum atomic E-state index is -0.294. The molecule has 3 nitrogen and oxygen atoms in total. The fraction of sp³-hybridized carbons (Fsp3) is 0.240. The van der Waals surface area contributed by atoms with Crippen molar-refractivity contribution in [3.63, 3.8) is 0 Å². The summed E-state index contributed by atoms with van der Waals surface area (Å²) in [7, 11) is 1.43. The van der Waals surface area contributed by atoms with E-state index in [2.05, 4.69) is 35.2 Å². The molecule has 30 heavy (non-hydrogen) atoms. The SMILES string of the molecule is COC(=O)c1c(SC)cc(-c2ccc(F)cc2)c2c1CCN(Cc1ccccc1)C2. The fourth-order valence-corrected chi connectivity index (χ4v) is 4.78. The van der Waals surface area contributed by atoms with Gasteiger partial charge in [0.15, 0.2) is 0 Å². The molecule has 0 N–H and O–H groups in total. The maximum absolute atomic E-state index is 13.5. The molecule has 0 fully saturated rings. The summed E-state index contributed by atoms with van der Waals surface area (Å²) >= 11 is 1.54. The van der Waals surface area contributed by atoms with Crippen LogP contribution in [0.4, 0.5) is 4.39 Å². The van der Waals surface area contributed by atoms with Crippen LogP contribution in [0.25, 0.3) is 11.1 Å². The molecule has 1 aliphatic rings. The first-order valence-electron chi connectivity index (χ1n) is 9.94. The van der Waals surface area contributed by atoms with E-state index < -0.39 is 0 Å². The first-order valence-corrected chi connectivity index (χ1v) is 11.2. The normalized spacial score (nSPS) is 13.7. The number of benzene rings is 3. The second-order valence-corrected chi connectivity index (χ2v) is 8.25. The molecule has 0 bridgehead atoms. The lowest BCUT2D eigenvalue weighted by Crippen LogP contribution is -2.32. The Morgan fingerprint density at radius 1 is 1.10 bits per heavy atom. The molecule has 0 saturated carbocycles. The van der Waals surface area contributed by atoms with E-state index in [1.807, 2.05) is 24.5 Å². The van der Waals surface area contributed by atoms with Crippen LogP contribution in [0.3, 0.4) is 0 Å². The number of esters is 1. The van der Waals surface area contributed by atoms with Crippen molar-refractivity contribution in [2.24, 2.45) is 0 Å². The van der Waals surface area contributed by atoms with Crippen molar-refractivity contribution < 1.29 is 13.9 Å². The van der Waals surface area contributed by atoms with Gasteiger partial charge >= 0.3 is 5.97 Å². The first kappa shape index (κ1) is 20.6. The van der Waals surface area contributed by atoms with Crippen molar-refractivity contribution in [1.82, 2.24) is 4.90 Å². The third kappa shape index (κ3) is 4.13. The molecular weight excluding hydrogens is 397 g/mol. The van der Waals surface area contributed by atoms with Crippen molar-refractivity contribution in [3.05, 3.63) is 88.7 Å². The number of carbonyl (C=O) groups is 1. The van der Waals surface area contributed by atoms with Gasteiger partial charge in [-0.1, -0.05) is 42.5 Å². The molecular formula is C25H24FNO2S. The highest BCUT2D eigenvalue weighted by Crippen LogP contribution is 2.38. The summed E-state index contributed by atoms with van der Waals surface area (Å²) in [6.45, 7) is 2.45. The summed E-state index contributed by atoms with van der Waals surface area (Å²) < 4.78 is 18.6. The number of fused-ring (bicyclic) bond motifs is 1. The Hall–Kier alpha value is -2.63. The molecule has 0 aliphatic carbocycles. The average molecular weight is 422 g/mol. The number of methoxy groups -OCH3 is 1. The summed E-state index contributed by atoms with van der Waals surface area (Å²) in [5.74, 6) is -0.549. The summed E-state index contributed by atoms with van der Waals surface area (Å²) in [6.07, 6.45) is 2.74. The first-order chi connectivity index (χ1) is 14.6. The molecule has 1 aliphatic heterocycles. The van der Waals surface area contributed by atoms with E-state index in [4.69, 9.17) is 4.74 Å². The standard InChI is InChI=1S/C25H24FNO2S/c1-29-25(28)24-20-12-13-27(15-17-6-4-3-5-7-17)16-22(20)21(14-23(24)30-2)18-8-10-19(26)11-9-18/h3-11,14H,12-13,15-16H2,1-2H3. The Morgan fingerprint density at radius 3 is 2.50 bits per heavy atom. The van der Waals surface area contributed by atoms with Gasteiger partial charge < -0.3 is 4.74 Å². The molecule has 0 saturated heterocycles. The van der Waals surface area contributed by atoms with Gasteiger partial charge in [0.2, 0.25) is 0 Å². The quantitative estimate of drug-likeness (QED) is 0.398. The Morgan fingerprint density at radius 2 is 1.83 bits per heavy atom. The van der Waals surface area contributed by atoms with Crippen molar-refractivity contribution in [2.75, 3.05) is 19.9 Å². The average Bonchev–Trinajstić information content (AvgIpc) is 2.78. The van der Waals surface area contributed by atoms with Gasteiger partial charge in [0.1, 0.15) is 5.82 Å². The minimum Gasteiger partial charge on any atom is -0.465 e. The lowest BCUT2D eigenvalue weighted by molar-refractivity contribution is 0.0594. The van der Waals surface area contributed by atoms with Crippen molar-refractivity contribution in [3.8, 4) is 11.1 Å². The smallest absolute Gasteiger partial charge is 0.339 e. The molecule has 0 aromatic heterocycles. The predicted molar refractivity (Wildman–Crippen MR) is 119 cm³/mol. The van der Waals surface area contributed by atoms with Crippen LogP contribution >= 0.6 is 11.8 Å². The summed E-state index contributed by atoms with van der Waals surface area (Å²) in [5.41, 5.74) is 6.13. The maximum atomic E-state index is 13.5. The number of hydrogen-bond acceptors (Lipinski definition) is 4. The highest BCUT2D eigenvalue weighted by molar-refractivity contribution is 7.98. The summed E-state index contributed by atoms with van der Waals surface area (Å²) in [6, 6.07) is 19.0. The zero-order valence-electron chi connectivity index (χ0n) is 17.2. The molecule has 0 spiro atoms. The van der Waals surface area contributed by atoms with E-state index in [9.17, 15) is 9.18 Å². The van der Waals surface area contributed by atoms with E-state index in [0.717, 1.165) is 53.2 Å². The van der Waals surface area contributed by atoms with E-state index in [0.29, 0.717) is 5.56 Å². The lowest BCUT2D eigenvalue weighted by atomic mass is 9.87. The van der Waals surface area contributed by atoms with Gasteiger partial charge in [-0.25, -0.2) is 9.18 Å². The number of thioether (sulfide) groups is 1. The van der Waals surface area contributed by atoms with Crippen LogP contribution in [0.2, 0.25) is 0 Å². The van der Waals surface area contributed by atoms with Crippen LogP contribution in [0.15, 0.2) is 65.6 Å². The van der Waals surface area contributed by atoms with Crippen LogP contribution in [-0.4, -0.2) is 30.8 Å². The van der Waals surface area contributed by atoms with Gasteiger partial charge in [-0.15, -0.1) is 11.8 Å². The molecule has 3 aromatic carbocycles. The number of hydrogen-bond donors (Lipinski definition) is 0. The zero-order valence-corrected chi connectivity index (χ0v) is 18.0. The Labute approximate surface area is 180 Å². The lowest BCUT2D eigenvalue weighted by Gasteiger charge is -2.32. The van der Waals surface area contributed by atoms with E-state index in [1.54, 1.807) is 0 Å². The minimum absolute atomic E-state index is 0.255. The number of ether oxygens (including phenoxy) is 1. The Bertz CT molecular complexity index is 1050. The second-order valence-electron chi connectivity index (χ2n) is 7.40. The number of rotatable bonds is 5. The van der Waals surface area contributed by atoms with E-state index in [-0.39, 0.29) is 11.8 Å². The van der Waals surface area contributed by atoms with Crippen LogP contribution in [-0.2, 0) is 24.2 Å². The largest absolute Gasteiger partial charge is 0.465 e. The van der Waals surface area contributed by atoms with Crippen LogP contribution in [0, 0.1) is 5.82 Å². The topological polar surface area (TPSA) is 29.5 Å². The summed E-state index contributed by atoms with van der Waals surface area (Å²) in [5, 5.41) is 0. The van der Waals surface area contributed by atoms with Crippen LogP contribution in [0.1, 0.15) is 27.0 Å². The molecule has 5 heteroatoms. The van der Waals surface area contributed by atoms with E-state index >= 15 is 0 Å². The Kier molecular flexibility index (Phi) is 6.21. The summed E-state index contributed by atoms with van der Waals surface area (Å²) in [4.78, 5) is 15.9. The monoisotopic (exact) mass is 421 g/mol. The van der Waals surface area contributed by atoms with E-state index in [1.165, 1.54) is 36.6 Å². The molecule has 154 valence electrons. The van der Waals surface area contributed by atoms with Crippen molar-refractivity contribution >= 4 is 17.7 Å². The highest BCUT2D eigenvalue weighted by atomic mass is 32.2. The zero-order chi connectivity index (χ0) is 21.1. The van der Waals surface area contributed by atoms with Gasteiger partial charge in [0.05, 0.1) is 12.7 Å². The number of nitrogens with zero attached hydrogens (tertiary/aromatic N) is 1. The van der Waals surface area contributed by atoms with Crippen molar-refractivity contribution in [1.29, 1.82) is 0 Å². The van der Waals surface area contributed by atoms with Crippen LogP contribution < -0.4 is 0 Å². The molecule has 4 rings (SSSR count). The molecule has 1 heterocycles.